The lowest BCUT2D eigenvalue weighted by Gasteiger charge is -2.09. The summed E-state index contributed by atoms with van der Waals surface area (Å²) in [5, 5.41) is 11.0. The minimum atomic E-state index is -1.18. The average molecular weight is 276 g/mol. The van der Waals surface area contributed by atoms with Gasteiger partial charge < -0.3 is 15.2 Å². The highest BCUT2D eigenvalue weighted by Gasteiger charge is 2.14. The third-order valence-corrected chi connectivity index (χ3v) is 2.25. The van der Waals surface area contributed by atoms with E-state index >= 15 is 0 Å². The van der Waals surface area contributed by atoms with E-state index in [0.717, 1.165) is 6.07 Å². The number of rotatable bonds is 5. The van der Waals surface area contributed by atoms with E-state index in [2.05, 4.69) is 5.32 Å². The maximum absolute atomic E-state index is 13.3. The van der Waals surface area contributed by atoms with Crippen molar-refractivity contribution in [1.82, 2.24) is 0 Å². The van der Waals surface area contributed by atoms with Crippen LogP contribution in [0.25, 0.3) is 0 Å². The summed E-state index contributed by atoms with van der Waals surface area (Å²) in [5.41, 5.74) is -0.0454. The number of ether oxygens (including phenoxy) is 1. The van der Waals surface area contributed by atoms with Crippen molar-refractivity contribution in [2.24, 2.45) is 0 Å². The molecule has 0 aliphatic heterocycles. The second-order valence-electron chi connectivity index (χ2n) is 3.46. The van der Waals surface area contributed by atoms with Crippen LogP contribution < -0.4 is 5.32 Å². The summed E-state index contributed by atoms with van der Waals surface area (Å²) in [6, 6.07) is 3.77. The van der Waals surface area contributed by atoms with E-state index in [1.165, 1.54) is 19.1 Å². The van der Waals surface area contributed by atoms with Crippen molar-refractivity contribution in [3.05, 3.63) is 29.0 Å². The van der Waals surface area contributed by atoms with Crippen LogP contribution in [0.15, 0.2) is 18.2 Å². The summed E-state index contributed by atoms with van der Waals surface area (Å²) in [6.45, 7) is 0.814. The lowest BCUT2D eigenvalue weighted by molar-refractivity contribution is -0.150. The largest absolute Gasteiger partial charge is 0.479 e. The van der Waals surface area contributed by atoms with Gasteiger partial charge in [-0.15, -0.1) is 0 Å². The monoisotopic (exact) mass is 275 g/mol. The number of hydrogen-bond acceptors (Lipinski definition) is 3. The number of anilines is 1. The van der Waals surface area contributed by atoms with Crippen LogP contribution in [0.5, 0.6) is 0 Å². The highest BCUT2D eigenvalue weighted by atomic mass is 35.5. The number of aliphatic carboxylic acids is 1. The minimum absolute atomic E-state index is 0.0454. The molecular formula is C11H11ClFNO4. The van der Waals surface area contributed by atoms with E-state index in [1.54, 1.807) is 0 Å². The van der Waals surface area contributed by atoms with Crippen molar-refractivity contribution in [3.63, 3.8) is 0 Å². The van der Waals surface area contributed by atoms with Crippen LogP contribution in [-0.2, 0) is 14.3 Å². The third kappa shape index (κ3) is 4.31. The molecule has 0 fully saturated rings. The average Bonchev–Trinajstić information content (AvgIpc) is 2.29. The fourth-order valence-electron chi connectivity index (χ4n) is 1.05. The molecule has 18 heavy (non-hydrogen) atoms. The zero-order valence-electron chi connectivity index (χ0n) is 9.44. The van der Waals surface area contributed by atoms with Gasteiger partial charge in [-0.1, -0.05) is 11.6 Å². The van der Waals surface area contributed by atoms with Crippen LogP contribution in [0.4, 0.5) is 10.1 Å². The predicted molar refractivity (Wildman–Crippen MR) is 63.1 cm³/mol. The number of benzene rings is 1. The molecule has 1 rings (SSSR count). The van der Waals surface area contributed by atoms with Crippen LogP contribution in [0, 0.1) is 5.82 Å². The smallest absolute Gasteiger partial charge is 0.332 e. The van der Waals surface area contributed by atoms with E-state index in [-0.39, 0.29) is 10.7 Å². The third-order valence-electron chi connectivity index (χ3n) is 2.02. The van der Waals surface area contributed by atoms with Gasteiger partial charge in [-0.25, -0.2) is 9.18 Å². The van der Waals surface area contributed by atoms with E-state index in [0.29, 0.717) is 0 Å². The van der Waals surface area contributed by atoms with Crippen LogP contribution in [0.3, 0.4) is 0 Å². The molecule has 98 valence electrons. The molecule has 1 atom stereocenters. The number of carbonyl (C=O) groups is 2. The predicted octanol–water partition coefficient (Wildman–Crippen LogP) is 1.91. The number of carboxylic acids is 1. The van der Waals surface area contributed by atoms with Crippen LogP contribution in [0.1, 0.15) is 6.92 Å². The highest BCUT2D eigenvalue weighted by molar-refractivity contribution is 6.30. The first kappa shape index (κ1) is 14.4. The molecule has 0 bridgehead atoms. The maximum Gasteiger partial charge on any atom is 0.332 e. The molecule has 7 heteroatoms. The molecule has 1 aromatic rings. The first-order chi connectivity index (χ1) is 8.40. The molecule has 2 N–H and O–H groups in total. The zero-order valence-corrected chi connectivity index (χ0v) is 10.2. The maximum atomic E-state index is 13.3. The number of amides is 1. The Kier molecular flexibility index (Phi) is 5.06. The van der Waals surface area contributed by atoms with Crippen molar-refractivity contribution < 1.29 is 23.8 Å². The topological polar surface area (TPSA) is 75.6 Å². The van der Waals surface area contributed by atoms with Crippen molar-refractivity contribution in [1.29, 1.82) is 0 Å². The van der Waals surface area contributed by atoms with Gasteiger partial charge in [0.2, 0.25) is 5.91 Å². The van der Waals surface area contributed by atoms with E-state index in [4.69, 9.17) is 21.4 Å². The Hall–Kier alpha value is -1.66. The Morgan fingerprint density at radius 3 is 2.78 bits per heavy atom. The molecule has 0 spiro atoms. The quantitative estimate of drug-likeness (QED) is 0.861. The Morgan fingerprint density at radius 2 is 2.22 bits per heavy atom. The van der Waals surface area contributed by atoms with Crippen LogP contribution >= 0.6 is 11.6 Å². The number of hydrogen-bond donors (Lipinski definition) is 2. The van der Waals surface area contributed by atoms with Gasteiger partial charge in [0.25, 0.3) is 0 Å². The second-order valence-corrected chi connectivity index (χ2v) is 3.90. The van der Waals surface area contributed by atoms with Crippen LogP contribution in [-0.4, -0.2) is 29.7 Å². The van der Waals surface area contributed by atoms with E-state index < -0.39 is 30.4 Å². The fourth-order valence-corrected chi connectivity index (χ4v) is 1.21. The first-order valence-corrected chi connectivity index (χ1v) is 5.37. The molecule has 0 aliphatic rings. The standard InChI is InChI=1S/C11H11ClFNO4/c1-6(11(16)17)18-5-10(15)14-9-3-2-7(12)4-8(9)13/h2-4,6H,5H2,1H3,(H,14,15)(H,16,17). The lowest BCUT2D eigenvalue weighted by atomic mass is 10.3. The zero-order chi connectivity index (χ0) is 13.7. The van der Waals surface area contributed by atoms with Crippen molar-refractivity contribution >= 4 is 29.2 Å². The molecule has 0 radical (unpaired) electrons. The Labute approximate surface area is 108 Å². The summed E-state index contributed by atoms with van der Waals surface area (Å²) in [6.07, 6.45) is -1.11. The van der Waals surface area contributed by atoms with E-state index in [9.17, 15) is 14.0 Å². The summed E-state index contributed by atoms with van der Waals surface area (Å²) < 4.78 is 18.0. The molecule has 0 aliphatic carbocycles. The van der Waals surface area contributed by atoms with Gasteiger partial charge in [-0.2, -0.15) is 0 Å². The molecule has 1 unspecified atom stereocenters. The Balaban J connectivity index is 2.52. The molecular weight excluding hydrogens is 265 g/mol. The van der Waals surface area contributed by atoms with E-state index in [1.807, 2.05) is 0 Å². The normalized spacial score (nSPS) is 11.9. The van der Waals surface area contributed by atoms with Crippen LogP contribution in [0.2, 0.25) is 5.02 Å². The first-order valence-electron chi connectivity index (χ1n) is 4.99. The summed E-state index contributed by atoms with van der Waals surface area (Å²) in [7, 11) is 0. The molecule has 0 saturated heterocycles. The van der Waals surface area contributed by atoms with Gasteiger partial charge in [-0.3, -0.25) is 4.79 Å². The summed E-state index contributed by atoms with van der Waals surface area (Å²) in [4.78, 5) is 21.8. The van der Waals surface area contributed by atoms with Gasteiger partial charge in [0.05, 0.1) is 5.69 Å². The van der Waals surface area contributed by atoms with Gasteiger partial charge in [-0.05, 0) is 25.1 Å². The van der Waals surface area contributed by atoms with Gasteiger partial charge in [0, 0.05) is 5.02 Å². The van der Waals surface area contributed by atoms with Crippen molar-refractivity contribution in [3.8, 4) is 0 Å². The minimum Gasteiger partial charge on any atom is -0.479 e. The molecule has 1 aromatic carbocycles. The molecule has 0 saturated carbocycles. The fraction of sp³-hybridized carbons (Fsp3) is 0.273. The van der Waals surface area contributed by atoms with Gasteiger partial charge in [0.1, 0.15) is 12.4 Å². The van der Waals surface area contributed by atoms with Crippen molar-refractivity contribution in [2.45, 2.75) is 13.0 Å². The lowest BCUT2D eigenvalue weighted by Crippen LogP contribution is -2.26. The van der Waals surface area contributed by atoms with Crippen molar-refractivity contribution in [2.75, 3.05) is 11.9 Å². The number of carbonyl (C=O) groups excluding carboxylic acids is 1. The molecule has 0 aromatic heterocycles. The summed E-state index contributed by atoms with van der Waals surface area (Å²) in [5.74, 6) is -2.51. The Bertz CT molecular complexity index is 466. The SMILES string of the molecule is CC(OCC(=O)Nc1ccc(Cl)cc1F)C(=O)O. The summed E-state index contributed by atoms with van der Waals surface area (Å²) >= 11 is 5.55. The Morgan fingerprint density at radius 1 is 1.56 bits per heavy atom. The van der Waals surface area contributed by atoms with Gasteiger partial charge in [0.15, 0.2) is 6.10 Å². The highest BCUT2D eigenvalue weighted by Crippen LogP contribution is 2.18. The number of halogens is 2. The number of nitrogens with one attached hydrogen (secondary N) is 1. The molecule has 0 heterocycles. The van der Waals surface area contributed by atoms with Gasteiger partial charge >= 0.3 is 5.97 Å². The molecule has 1 amide bonds. The molecule has 5 nitrogen and oxygen atoms in total. The number of carboxylic acid groups (broad SMARTS) is 1. The second kappa shape index (κ2) is 6.32.